The maximum Gasteiger partial charge on any atom is 0.207 e. The average molecular weight is 286 g/mol. The van der Waals surface area contributed by atoms with Crippen LogP contribution >= 0.6 is 0 Å². The normalized spacial score (nSPS) is 11.0. The highest BCUT2D eigenvalue weighted by atomic mass is 15.2. The van der Waals surface area contributed by atoms with Crippen LogP contribution in [-0.4, -0.2) is 23.6 Å². The van der Waals surface area contributed by atoms with E-state index >= 15 is 0 Å². The second-order valence-corrected chi connectivity index (χ2v) is 6.27. The molecule has 4 heteroatoms. The Morgan fingerprint density at radius 3 is 2.57 bits per heavy atom. The second-order valence-electron chi connectivity index (χ2n) is 6.27. The van der Waals surface area contributed by atoms with Gasteiger partial charge in [-0.1, -0.05) is 19.9 Å². The first kappa shape index (κ1) is 15.4. The number of benzene rings is 1. The van der Waals surface area contributed by atoms with Crippen LogP contribution in [0.25, 0.3) is 0 Å². The van der Waals surface area contributed by atoms with Crippen molar-refractivity contribution < 1.29 is 0 Å². The van der Waals surface area contributed by atoms with E-state index in [4.69, 9.17) is 0 Å². The molecule has 0 aliphatic rings. The standard InChI is InChI=1S/C17H26N4/c1-12(2)10-21-11-14(4)18-17(21)19-15-8-7-13(3)16(9-15)20(5)6/h7-9,11-12H,10H2,1-6H3,(H,18,19). The van der Waals surface area contributed by atoms with Gasteiger partial charge in [0.15, 0.2) is 0 Å². The fraction of sp³-hybridized carbons (Fsp3) is 0.471. The van der Waals surface area contributed by atoms with Crippen LogP contribution in [0.3, 0.4) is 0 Å². The Balaban J connectivity index is 2.28. The lowest BCUT2D eigenvalue weighted by atomic mass is 10.1. The van der Waals surface area contributed by atoms with E-state index in [1.54, 1.807) is 0 Å². The predicted octanol–water partition coefficient (Wildman–Crippen LogP) is 3.97. The van der Waals surface area contributed by atoms with Crippen LogP contribution in [-0.2, 0) is 6.54 Å². The Morgan fingerprint density at radius 1 is 1.24 bits per heavy atom. The minimum absolute atomic E-state index is 0.592. The van der Waals surface area contributed by atoms with E-state index in [9.17, 15) is 0 Å². The maximum atomic E-state index is 4.59. The van der Waals surface area contributed by atoms with Gasteiger partial charge in [0.2, 0.25) is 5.95 Å². The molecule has 1 heterocycles. The highest BCUT2D eigenvalue weighted by molar-refractivity contribution is 5.65. The maximum absolute atomic E-state index is 4.59. The molecule has 0 aliphatic carbocycles. The van der Waals surface area contributed by atoms with Crippen molar-refractivity contribution in [3.63, 3.8) is 0 Å². The van der Waals surface area contributed by atoms with Crippen molar-refractivity contribution in [2.24, 2.45) is 5.92 Å². The summed E-state index contributed by atoms with van der Waals surface area (Å²) in [7, 11) is 4.13. The van der Waals surface area contributed by atoms with E-state index in [0.29, 0.717) is 5.92 Å². The minimum Gasteiger partial charge on any atom is -0.377 e. The van der Waals surface area contributed by atoms with Crippen molar-refractivity contribution in [2.45, 2.75) is 34.2 Å². The lowest BCUT2D eigenvalue weighted by Gasteiger charge is -2.18. The van der Waals surface area contributed by atoms with Gasteiger partial charge in [-0.15, -0.1) is 0 Å². The van der Waals surface area contributed by atoms with Gasteiger partial charge in [0.1, 0.15) is 0 Å². The summed E-state index contributed by atoms with van der Waals surface area (Å²) in [6.07, 6.45) is 2.10. The fourth-order valence-corrected chi connectivity index (χ4v) is 2.48. The molecule has 1 aromatic heterocycles. The number of imidazole rings is 1. The summed E-state index contributed by atoms with van der Waals surface area (Å²) < 4.78 is 2.19. The van der Waals surface area contributed by atoms with Crippen LogP contribution in [0, 0.1) is 19.8 Å². The van der Waals surface area contributed by atoms with Gasteiger partial charge in [0, 0.05) is 38.2 Å². The predicted molar refractivity (Wildman–Crippen MR) is 90.6 cm³/mol. The molecule has 2 aromatic rings. The zero-order chi connectivity index (χ0) is 15.6. The molecule has 0 fully saturated rings. The van der Waals surface area contributed by atoms with Gasteiger partial charge in [-0.2, -0.15) is 0 Å². The molecule has 0 amide bonds. The summed E-state index contributed by atoms with van der Waals surface area (Å²) in [5.41, 5.74) is 4.60. The average Bonchev–Trinajstić information content (AvgIpc) is 2.70. The third-order valence-electron chi connectivity index (χ3n) is 3.41. The van der Waals surface area contributed by atoms with Crippen LogP contribution in [0.4, 0.5) is 17.3 Å². The summed E-state index contributed by atoms with van der Waals surface area (Å²) in [5, 5.41) is 3.45. The lowest BCUT2D eigenvalue weighted by molar-refractivity contribution is 0.527. The molecule has 0 saturated carbocycles. The van der Waals surface area contributed by atoms with E-state index in [2.05, 4.69) is 79.0 Å². The van der Waals surface area contributed by atoms with Gasteiger partial charge in [-0.3, -0.25) is 0 Å². The van der Waals surface area contributed by atoms with Crippen molar-refractivity contribution in [3.8, 4) is 0 Å². The van der Waals surface area contributed by atoms with Crippen molar-refractivity contribution in [2.75, 3.05) is 24.3 Å². The largest absolute Gasteiger partial charge is 0.377 e. The number of rotatable bonds is 5. The summed E-state index contributed by atoms with van der Waals surface area (Å²) in [6, 6.07) is 6.41. The Morgan fingerprint density at radius 2 is 1.95 bits per heavy atom. The number of nitrogens with one attached hydrogen (secondary N) is 1. The SMILES string of the molecule is Cc1cn(CC(C)C)c(Nc2ccc(C)c(N(C)C)c2)n1. The Kier molecular flexibility index (Phi) is 4.56. The van der Waals surface area contributed by atoms with Crippen molar-refractivity contribution in [1.29, 1.82) is 0 Å². The number of aryl methyl sites for hydroxylation is 2. The third kappa shape index (κ3) is 3.78. The number of hydrogen-bond acceptors (Lipinski definition) is 3. The van der Waals surface area contributed by atoms with Gasteiger partial charge in [-0.25, -0.2) is 4.98 Å². The summed E-state index contributed by atoms with van der Waals surface area (Å²) >= 11 is 0. The molecule has 1 N–H and O–H groups in total. The molecule has 0 aliphatic heterocycles. The van der Waals surface area contributed by atoms with Crippen molar-refractivity contribution in [3.05, 3.63) is 35.7 Å². The molecule has 2 rings (SSSR count). The van der Waals surface area contributed by atoms with E-state index in [1.807, 2.05) is 6.92 Å². The van der Waals surface area contributed by atoms with Crippen LogP contribution < -0.4 is 10.2 Å². The zero-order valence-electron chi connectivity index (χ0n) is 13.9. The Hall–Kier alpha value is -1.97. The molecule has 21 heavy (non-hydrogen) atoms. The zero-order valence-corrected chi connectivity index (χ0v) is 13.9. The molecule has 0 saturated heterocycles. The molecule has 0 spiro atoms. The minimum atomic E-state index is 0.592. The van der Waals surface area contributed by atoms with Crippen molar-refractivity contribution >= 4 is 17.3 Å². The first-order valence-electron chi connectivity index (χ1n) is 7.45. The van der Waals surface area contributed by atoms with Gasteiger partial charge in [0.05, 0.1) is 5.69 Å². The Bertz CT molecular complexity index is 611. The summed E-state index contributed by atoms with van der Waals surface area (Å²) in [4.78, 5) is 6.73. The molecule has 0 radical (unpaired) electrons. The Labute approximate surface area is 127 Å². The molecule has 0 atom stereocenters. The van der Waals surface area contributed by atoms with E-state index in [1.165, 1.54) is 11.3 Å². The van der Waals surface area contributed by atoms with E-state index in [0.717, 1.165) is 23.9 Å². The van der Waals surface area contributed by atoms with Gasteiger partial charge < -0.3 is 14.8 Å². The van der Waals surface area contributed by atoms with Crippen LogP contribution in [0.5, 0.6) is 0 Å². The first-order valence-corrected chi connectivity index (χ1v) is 7.45. The fourth-order valence-electron chi connectivity index (χ4n) is 2.48. The molecule has 1 aromatic carbocycles. The number of anilines is 3. The topological polar surface area (TPSA) is 33.1 Å². The van der Waals surface area contributed by atoms with Gasteiger partial charge in [0.25, 0.3) is 0 Å². The molecule has 0 bridgehead atoms. The molecule has 0 unspecified atom stereocenters. The molecule has 114 valence electrons. The summed E-state index contributed by atoms with van der Waals surface area (Å²) in [5.74, 6) is 1.50. The van der Waals surface area contributed by atoms with E-state index in [-0.39, 0.29) is 0 Å². The molecular formula is C17H26N4. The van der Waals surface area contributed by atoms with Crippen LogP contribution in [0.15, 0.2) is 24.4 Å². The third-order valence-corrected chi connectivity index (χ3v) is 3.41. The molecular weight excluding hydrogens is 260 g/mol. The summed E-state index contributed by atoms with van der Waals surface area (Å²) in [6.45, 7) is 9.56. The highest BCUT2D eigenvalue weighted by Crippen LogP contribution is 2.25. The number of aromatic nitrogens is 2. The monoisotopic (exact) mass is 286 g/mol. The van der Waals surface area contributed by atoms with Crippen LogP contribution in [0.1, 0.15) is 25.1 Å². The number of nitrogens with zero attached hydrogens (tertiary/aromatic N) is 3. The van der Waals surface area contributed by atoms with Crippen LogP contribution in [0.2, 0.25) is 0 Å². The highest BCUT2D eigenvalue weighted by Gasteiger charge is 2.09. The smallest absolute Gasteiger partial charge is 0.207 e. The van der Waals surface area contributed by atoms with Gasteiger partial charge in [-0.05, 0) is 37.5 Å². The van der Waals surface area contributed by atoms with E-state index < -0.39 is 0 Å². The van der Waals surface area contributed by atoms with Crippen molar-refractivity contribution in [1.82, 2.24) is 9.55 Å². The number of hydrogen-bond donors (Lipinski definition) is 1. The quantitative estimate of drug-likeness (QED) is 0.903. The lowest BCUT2D eigenvalue weighted by Crippen LogP contribution is -2.11. The molecule has 4 nitrogen and oxygen atoms in total. The second kappa shape index (κ2) is 6.20. The van der Waals surface area contributed by atoms with Gasteiger partial charge >= 0.3 is 0 Å². The first-order chi connectivity index (χ1) is 9.86.